The Hall–Kier alpha value is 0.250. The van der Waals surface area contributed by atoms with E-state index in [1.54, 1.807) is 0 Å². The van der Waals surface area contributed by atoms with Gasteiger partial charge >= 0.3 is 0 Å². The summed E-state index contributed by atoms with van der Waals surface area (Å²) >= 11 is 5.82. The molecular formula is C11H22ClN. The van der Waals surface area contributed by atoms with Gasteiger partial charge in [0.15, 0.2) is 0 Å². The van der Waals surface area contributed by atoms with Gasteiger partial charge < -0.3 is 0 Å². The first-order valence-electron chi connectivity index (χ1n) is 5.54. The summed E-state index contributed by atoms with van der Waals surface area (Å²) in [5, 5.41) is 0. The second-order valence-corrected chi connectivity index (χ2v) is 4.89. The van der Waals surface area contributed by atoms with Crippen molar-refractivity contribution in [1.82, 2.24) is 4.90 Å². The molecule has 1 aliphatic carbocycles. The molecule has 1 nitrogen and oxygen atoms in total. The number of hydrogen-bond acceptors (Lipinski definition) is 1. The minimum absolute atomic E-state index is 0.767. The molecule has 0 aromatic heterocycles. The first kappa shape index (κ1) is 11.3. The standard InChI is InChI=1S/C11H22ClN/c1-10(2)9-13(8-7-12)11-5-3-4-6-11/h10-11H,3-9H2,1-2H3. The highest BCUT2D eigenvalue weighted by Crippen LogP contribution is 2.23. The molecule has 0 amide bonds. The van der Waals surface area contributed by atoms with Gasteiger partial charge in [-0.15, -0.1) is 11.6 Å². The molecule has 78 valence electrons. The van der Waals surface area contributed by atoms with Crippen molar-refractivity contribution < 1.29 is 0 Å². The average Bonchev–Trinajstić information content (AvgIpc) is 2.54. The Bertz CT molecular complexity index is 130. The van der Waals surface area contributed by atoms with Crippen LogP contribution in [0.4, 0.5) is 0 Å². The summed E-state index contributed by atoms with van der Waals surface area (Å²) in [5.41, 5.74) is 0. The molecule has 1 aliphatic rings. The van der Waals surface area contributed by atoms with E-state index in [1.165, 1.54) is 32.2 Å². The van der Waals surface area contributed by atoms with Crippen LogP contribution in [0.3, 0.4) is 0 Å². The molecule has 0 heterocycles. The van der Waals surface area contributed by atoms with E-state index in [0.29, 0.717) is 0 Å². The lowest BCUT2D eigenvalue weighted by molar-refractivity contribution is 0.188. The number of hydrogen-bond donors (Lipinski definition) is 0. The highest BCUT2D eigenvalue weighted by atomic mass is 35.5. The molecule has 0 N–H and O–H groups in total. The van der Waals surface area contributed by atoms with Gasteiger partial charge in [0.1, 0.15) is 0 Å². The summed E-state index contributed by atoms with van der Waals surface area (Å²) < 4.78 is 0. The molecule has 0 unspecified atom stereocenters. The van der Waals surface area contributed by atoms with E-state index < -0.39 is 0 Å². The Labute approximate surface area is 87.4 Å². The first-order valence-corrected chi connectivity index (χ1v) is 6.07. The second kappa shape index (κ2) is 5.87. The Morgan fingerprint density at radius 1 is 1.31 bits per heavy atom. The molecule has 0 bridgehead atoms. The Morgan fingerprint density at radius 3 is 2.38 bits per heavy atom. The molecule has 1 rings (SSSR count). The molecule has 0 radical (unpaired) electrons. The molecule has 0 aromatic carbocycles. The first-order chi connectivity index (χ1) is 6.24. The molecule has 1 saturated carbocycles. The van der Waals surface area contributed by atoms with Crippen LogP contribution < -0.4 is 0 Å². The lowest BCUT2D eigenvalue weighted by Gasteiger charge is -2.29. The summed E-state index contributed by atoms with van der Waals surface area (Å²) in [4.78, 5) is 2.59. The zero-order valence-electron chi connectivity index (χ0n) is 8.93. The summed E-state index contributed by atoms with van der Waals surface area (Å²) in [5.74, 6) is 1.55. The van der Waals surface area contributed by atoms with Crippen LogP contribution in [0.2, 0.25) is 0 Å². The lowest BCUT2D eigenvalue weighted by Crippen LogP contribution is -2.37. The molecule has 13 heavy (non-hydrogen) atoms. The third kappa shape index (κ3) is 3.86. The second-order valence-electron chi connectivity index (χ2n) is 4.52. The highest BCUT2D eigenvalue weighted by Gasteiger charge is 2.22. The molecular weight excluding hydrogens is 182 g/mol. The van der Waals surface area contributed by atoms with E-state index in [1.807, 2.05) is 0 Å². The Kier molecular flexibility index (Phi) is 5.12. The third-order valence-corrected chi connectivity index (χ3v) is 2.98. The van der Waals surface area contributed by atoms with Gasteiger partial charge in [0.25, 0.3) is 0 Å². The fourth-order valence-corrected chi connectivity index (χ4v) is 2.49. The van der Waals surface area contributed by atoms with Gasteiger partial charge in [0.05, 0.1) is 0 Å². The van der Waals surface area contributed by atoms with Crippen LogP contribution >= 0.6 is 11.6 Å². The summed E-state index contributed by atoms with van der Waals surface area (Å²) in [6.45, 7) is 6.87. The van der Waals surface area contributed by atoms with Crippen LogP contribution in [-0.2, 0) is 0 Å². The van der Waals surface area contributed by atoms with Crippen molar-refractivity contribution in [3.63, 3.8) is 0 Å². The number of halogens is 1. The molecule has 0 atom stereocenters. The van der Waals surface area contributed by atoms with Crippen molar-refractivity contribution >= 4 is 11.6 Å². The third-order valence-electron chi connectivity index (χ3n) is 2.81. The van der Waals surface area contributed by atoms with Crippen molar-refractivity contribution in [2.75, 3.05) is 19.0 Å². The summed E-state index contributed by atoms with van der Waals surface area (Å²) in [6, 6.07) is 0.834. The SMILES string of the molecule is CC(C)CN(CCCl)C1CCCC1. The van der Waals surface area contributed by atoms with E-state index >= 15 is 0 Å². The Morgan fingerprint density at radius 2 is 1.92 bits per heavy atom. The van der Waals surface area contributed by atoms with Crippen molar-refractivity contribution in [3.05, 3.63) is 0 Å². The van der Waals surface area contributed by atoms with Crippen molar-refractivity contribution in [2.24, 2.45) is 5.92 Å². The monoisotopic (exact) mass is 203 g/mol. The lowest BCUT2D eigenvalue weighted by atomic mass is 10.1. The molecule has 2 heteroatoms. The van der Waals surface area contributed by atoms with Crippen LogP contribution in [0.5, 0.6) is 0 Å². The van der Waals surface area contributed by atoms with Crippen molar-refractivity contribution in [2.45, 2.75) is 45.6 Å². The molecule has 0 aliphatic heterocycles. The minimum atomic E-state index is 0.767. The van der Waals surface area contributed by atoms with E-state index in [4.69, 9.17) is 11.6 Å². The van der Waals surface area contributed by atoms with E-state index in [0.717, 1.165) is 24.4 Å². The van der Waals surface area contributed by atoms with Gasteiger partial charge in [0.2, 0.25) is 0 Å². The van der Waals surface area contributed by atoms with Crippen LogP contribution in [-0.4, -0.2) is 29.9 Å². The van der Waals surface area contributed by atoms with Gasteiger partial charge in [-0.05, 0) is 18.8 Å². The topological polar surface area (TPSA) is 3.24 Å². The molecule has 0 spiro atoms. The molecule has 0 aromatic rings. The quantitative estimate of drug-likeness (QED) is 0.621. The minimum Gasteiger partial charge on any atom is -0.299 e. The maximum absolute atomic E-state index is 5.82. The van der Waals surface area contributed by atoms with E-state index in [9.17, 15) is 0 Å². The zero-order chi connectivity index (χ0) is 9.68. The van der Waals surface area contributed by atoms with Gasteiger partial charge in [-0.2, -0.15) is 0 Å². The predicted molar refractivity (Wildman–Crippen MR) is 59.4 cm³/mol. The maximum atomic E-state index is 5.82. The van der Waals surface area contributed by atoms with Crippen LogP contribution in [0.1, 0.15) is 39.5 Å². The predicted octanol–water partition coefficient (Wildman–Crippen LogP) is 3.13. The van der Waals surface area contributed by atoms with Gasteiger partial charge in [-0.25, -0.2) is 0 Å². The highest BCUT2D eigenvalue weighted by molar-refractivity contribution is 6.18. The van der Waals surface area contributed by atoms with Gasteiger partial charge in [-0.1, -0.05) is 26.7 Å². The Balaban J connectivity index is 2.35. The summed E-state index contributed by atoms with van der Waals surface area (Å²) in [7, 11) is 0. The zero-order valence-corrected chi connectivity index (χ0v) is 9.69. The van der Waals surface area contributed by atoms with Crippen LogP contribution in [0, 0.1) is 5.92 Å². The van der Waals surface area contributed by atoms with Gasteiger partial charge in [0, 0.05) is 25.0 Å². The molecule has 0 saturated heterocycles. The van der Waals surface area contributed by atoms with Crippen molar-refractivity contribution in [1.29, 1.82) is 0 Å². The number of rotatable bonds is 5. The van der Waals surface area contributed by atoms with Crippen LogP contribution in [0.25, 0.3) is 0 Å². The van der Waals surface area contributed by atoms with Crippen LogP contribution in [0.15, 0.2) is 0 Å². The fraction of sp³-hybridized carbons (Fsp3) is 1.00. The maximum Gasteiger partial charge on any atom is 0.0351 e. The fourth-order valence-electron chi connectivity index (χ4n) is 2.27. The smallest absolute Gasteiger partial charge is 0.0351 e. The summed E-state index contributed by atoms with van der Waals surface area (Å²) in [6.07, 6.45) is 5.62. The van der Waals surface area contributed by atoms with E-state index in [2.05, 4.69) is 18.7 Å². The van der Waals surface area contributed by atoms with E-state index in [-0.39, 0.29) is 0 Å². The molecule has 1 fully saturated rings. The normalized spacial score (nSPS) is 19.2. The van der Waals surface area contributed by atoms with Crippen molar-refractivity contribution in [3.8, 4) is 0 Å². The average molecular weight is 204 g/mol. The van der Waals surface area contributed by atoms with Gasteiger partial charge in [-0.3, -0.25) is 4.90 Å². The number of alkyl halides is 1. The number of nitrogens with zero attached hydrogens (tertiary/aromatic N) is 1. The largest absolute Gasteiger partial charge is 0.299 e.